The fourth-order valence-corrected chi connectivity index (χ4v) is 2.53. The summed E-state index contributed by atoms with van der Waals surface area (Å²) in [6, 6.07) is 0. The maximum absolute atomic E-state index is 12.1. The van der Waals surface area contributed by atoms with Crippen molar-refractivity contribution in [3.05, 3.63) is 24.0 Å². The number of sulfonamides is 1. The Morgan fingerprint density at radius 2 is 2.26 bits per heavy atom. The zero-order valence-electron chi connectivity index (χ0n) is 10.3. The molecule has 0 saturated heterocycles. The third kappa shape index (κ3) is 3.36. The molecule has 19 heavy (non-hydrogen) atoms. The predicted molar refractivity (Wildman–Crippen MR) is 64.3 cm³/mol. The maximum Gasteiger partial charge on any atom is 0.258 e. The van der Waals surface area contributed by atoms with Crippen LogP contribution in [-0.2, 0) is 23.1 Å². The number of nitrogens with zero attached hydrogens (tertiary/aromatic N) is 3. The second-order valence-electron chi connectivity index (χ2n) is 3.68. The largest absolute Gasteiger partial charge is 0.343 e. The summed E-state index contributed by atoms with van der Waals surface area (Å²) in [5.41, 5.74) is 0.572. The molecule has 0 spiro atoms. The van der Waals surface area contributed by atoms with E-state index >= 15 is 0 Å². The Hall–Kier alpha value is -1.78. The zero-order chi connectivity index (χ0) is 13.7. The first-order valence-electron chi connectivity index (χ1n) is 5.61. The first-order chi connectivity index (χ1) is 9.13. The van der Waals surface area contributed by atoms with Gasteiger partial charge in [-0.2, -0.15) is 10.1 Å². The number of hydrogen-bond acceptors (Lipinski definition) is 7. The quantitative estimate of drug-likeness (QED) is 0.619. The molecule has 0 atom stereocenters. The van der Waals surface area contributed by atoms with Gasteiger partial charge in [-0.15, -0.1) is 0 Å². The van der Waals surface area contributed by atoms with Crippen LogP contribution in [0.4, 0.5) is 0 Å². The molecule has 0 saturated carbocycles. The fourth-order valence-electron chi connectivity index (χ4n) is 1.42. The SMILES string of the molecule is CCNCc1cn[nH]c1S(=O)(=O)NCc1ncon1. The van der Waals surface area contributed by atoms with Crippen LogP contribution in [-0.4, -0.2) is 35.3 Å². The van der Waals surface area contributed by atoms with Gasteiger partial charge < -0.3 is 9.84 Å². The van der Waals surface area contributed by atoms with Crippen LogP contribution < -0.4 is 10.0 Å². The minimum absolute atomic E-state index is 0.0388. The first kappa shape index (κ1) is 13.6. The summed E-state index contributed by atoms with van der Waals surface area (Å²) < 4.78 is 31.0. The summed E-state index contributed by atoms with van der Waals surface area (Å²) in [4.78, 5) is 3.73. The molecule has 0 radical (unpaired) electrons. The van der Waals surface area contributed by atoms with Crippen LogP contribution in [0.25, 0.3) is 0 Å². The van der Waals surface area contributed by atoms with Gasteiger partial charge in [0.1, 0.15) is 0 Å². The minimum atomic E-state index is -3.68. The molecule has 2 rings (SSSR count). The van der Waals surface area contributed by atoms with E-state index in [9.17, 15) is 8.42 Å². The molecule has 3 N–H and O–H groups in total. The third-order valence-corrected chi connectivity index (χ3v) is 3.75. The Kier molecular flexibility index (Phi) is 4.24. The molecule has 0 fully saturated rings. The molecule has 0 aliphatic rings. The van der Waals surface area contributed by atoms with Gasteiger partial charge in [0.25, 0.3) is 10.0 Å². The van der Waals surface area contributed by atoms with Crippen molar-refractivity contribution < 1.29 is 12.9 Å². The Bertz CT molecular complexity index is 606. The molecular weight excluding hydrogens is 272 g/mol. The average molecular weight is 286 g/mol. The molecular formula is C9H14N6O3S. The molecule has 104 valence electrons. The van der Waals surface area contributed by atoms with E-state index in [4.69, 9.17) is 0 Å². The number of hydrogen-bond donors (Lipinski definition) is 3. The lowest BCUT2D eigenvalue weighted by molar-refractivity contribution is 0.409. The normalized spacial score (nSPS) is 11.8. The summed E-state index contributed by atoms with van der Waals surface area (Å²) in [6.07, 6.45) is 2.61. The van der Waals surface area contributed by atoms with Gasteiger partial charge in [-0.05, 0) is 6.54 Å². The molecule has 2 aromatic rings. The molecule has 0 aliphatic carbocycles. The van der Waals surface area contributed by atoms with E-state index < -0.39 is 10.0 Å². The lowest BCUT2D eigenvalue weighted by atomic mass is 10.3. The van der Waals surface area contributed by atoms with Crippen LogP contribution in [0.15, 0.2) is 22.1 Å². The summed E-state index contributed by atoms with van der Waals surface area (Å²) in [5, 5.41) is 12.8. The second kappa shape index (κ2) is 5.91. The van der Waals surface area contributed by atoms with Gasteiger partial charge >= 0.3 is 0 Å². The standard InChI is InChI=1S/C9H14N6O3S/c1-2-10-3-7-4-12-14-9(7)19(16,17)13-5-8-11-6-18-15-8/h4,6,10,13H,2-3,5H2,1H3,(H,12,14). The van der Waals surface area contributed by atoms with E-state index in [1.54, 1.807) is 0 Å². The van der Waals surface area contributed by atoms with Gasteiger partial charge in [0.2, 0.25) is 6.39 Å². The van der Waals surface area contributed by atoms with Gasteiger partial charge in [0, 0.05) is 12.1 Å². The zero-order valence-corrected chi connectivity index (χ0v) is 11.1. The highest BCUT2D eigenvalue weighted by Gasteiger charge is 2.20. The molecule has 0 aromatic carbocycles. The van der Waals surface area contributed by atoms with Crippen LogP contribution in [0.5, 0.6) is 0 Å². The molecule has 0 unspecified atom stereocenters. The molecule has 10 heteroatoms. The molecule has 2 aromatic heterocycles. The Morgan fingerprint density at radius 1 is 1.42 bits per heavy atom. The van der Waals surface area contributed by atoms with Crippen LogP contribution >= 0.6 is 0 Å². The summed E-state index contributed by atoms with van der Waals surface area (Å²) in [5.74, 6) is 0.260. The smallest absolute Gasteiger partial charge is 0.258 e. The number of nitrogens with one attached hydrogen (secondary N) is 3. The molecule has 0 amide bonds. The van der Waals surface area contributed by atoms with Gasteiger partial charge in [0.05, 0.1) is 12.7 Å². The lowest BCUT2D eigenvalue weighted by Gasteiger charge is -2.05. The highest BCUT2D eigenvalue weighted by Crippen LogP contribution is 2.11. The van der Waals surface area contributed by atoms with Crippen molar-refractivity contribution in [1.82, 2.24) is 30.4 Å². The molecule has 2 heterocycles. The van der Waals surface area contributed by atoms with Crippen molar-refractivity contribution >= 4 is 10.0 Å². The number of rotatable bonds is 7. The van der Waals surface area contributed by atoms with E-state index in [2.05, 4.69) is 34.9 Å². The van der Waals surface area contributed by atoms with Crippen molar-refractivity contribution in [3.8, 4) is 0 Å². The molecule has 0 aliphatic heterocycles. The average Bonchev–Trinajstić information content (AvgIpc) is 3.05. The maximum atomic E-state index is 12.1. The summed E-state index contributed by atoms with van der Waals surface area (Å²) >= 11 is 0. The van der Waals surface area contributed by atoms with Crippen molar-refractivity contribution in [1.29, 1.82) is 0 Å². The van der Waals surface area contributed by atoms with E-state index in [0.717, 1.165) is 12.9 Å². The number of aromatic amines is 1. The van der Waals surface area contributed by atoms with Crippen LogP contribution in [0.1, 0.15) is 18.3 Å². The first-order valence-corrected chi connectivity index (χ1v) is 7.09. The van der Waals surface area contributed by atoms with Crippen LogP contribution in [0.3, 0.4) is 0 Å². The van der Waals surface area contributed by atoms with Gasteiger partial charge in [0.15, 0.2) is 10.9 Å². The Morgan fingerprint density at radius 3 is 2.95 bits per heavy atom. The molecule has 9 nitrogen and oxygen atoms in total. The second-order valence-corrected chi connectivity index (χ2v) is 5.38. The van der Waals surface area contributed by atoms with Gasteiger partial charge in [-0.25, -0.2) is 13.1 Å². The van der Waals surface area contributed by atoms with Crippen molar-refractivity contribution in [2.45, 2.75) is 25.0 Å². The highest BCUT2D eigenvalue weighted by atomic mass is 32.2. The Labute approximate surface area is 109 Å². The van der Waals surface area contributed by atoms with E-state index in [0.29, 0.717) is 12.1 Å². The van der Waals surface area contributed by atoms with Crippen LogP contribution in [0.2, 0.25) is 0 Å². The predicted octanol–water partition coefficient (Wildman–Crippen LogP) is -0.619. The molecule has 0 bridgehead atoms. The monoisotopic (exact) mass is 286 g/mol. The van der Waals surface area contributed by atoms with E-state index in [-0.39, 0.29) is 17.4 Å². The summed E-state index contributed by atoms with van der Waals surface area (Å²) in [6.45, 7) is 3.05. The third-order valence-electron chi connectivity index (χ3n) is 2.34. The van der Waals surface area contributed by atoms with Crippen molar-refractivity contribution in [3.63, 3.8) is 0 Å². The fraction of sp³-hybridized carbons (Fsp3) is 0.444. The van der Waals surface area contributed by atoms with Crippen molar-refractivity contribution in [2.24, 2.45) is 0 Å². The van der Waals surface area contributed by atoms with Gasteiger partial charge in [-0.1, -0.05) is 12.1 Å². The van der Waals surface area contributed by atoms with Crippen LogP contribution in [0, 0.1) is 0 Å². The number of aromatic nitrogens is 4. The van der Waals surface area contributed by atoms with Crippen molar-refractivity contribution in [2.75, 3.05) is 6.54 Å². The summed E-state index contributed by atoms with van der Waals surface area (Å²) in [7, 11) is -3.68. The van der Waals surface area contributed by atoms with E-state index in [1.165, 1.54) is 6.20 Å². The van der Waals surface area contributed by atoms with Gasteiger partial charge in [-0.3, -0.25) is 5.10 Å². The topological polar surface area (TPSA) is 126 Å². The highest BCUT2D eigenvalue weighted by molar-refractivity contribution is 7.89. The minimum Gasteiger partial charge on any atom is -0.343 e. The van der Waals surface area contributed by atoms with E-state index in [1.807, 2.05) is 6.92 Å². The number of H-pyrrole nitrogens is 1. The Balaban J connectivity index is 2.08. The lowest BCUT2D eigenvalue weighted by Crippen LogP contribution is -2.26.